The molecule has 2 unspecified atom stereocenters. The van der Waals surface area contributed by atoms with Crippen LogP contribution in [0.5, 0.6) is 5.75 Å². The van der Waals surface area contributed by atoms with Crippen LogP contribution >= 0.6 is 0 Å². The minimum absolute atomic E-state index is 0.0631. The zero-order valence-electron chi connectivity index (χ0n) is 12.5. The van der Waals surface area contributed by atoms with Crippen LogP contribution in [0.4, 0.5) is 0 Å². The van der Waals surface area contributed by atoms with Crippen molar-refractivity contribution in [2.24, 2.45) is 0 Å². The topological polar surface area (TPSA) is 50.4 Å². The number of aryl methyl sites for hydroxylation is 1. The molecule has 2 rings (SSSR count). The van der Waals surface area contributed by atoms with E-state index in [9.17, 15) is 4.79 Å². The van der Waals surface area contributed by atoms with Gasteiger partial charge >= 0.3 is 0 Å². The highest BCUT2D eigenvalue weighted by Gasteiger charge is 2.23. The average molecular weight is 276 g/mol. The van der Waals surface area contributed by atoms with Gasteiger partial charge in [0.05, 0.1) is 13.2 Å². The maximum Gasteiger partial charge on any atom is 0.236 e. The lowest BCUT2D eigenvalue weighted by Gasteiger charge is -2.29. The molecule has 1 amide bonds. The molecule has 2 atom stereocenters. The van der Waals surface area contributed by atoms with E-state index in [2.05, 4.69) is 22.8 Å². The molecule has 0 saturated heterocycles. The SMILES string of the molecule is CCNC(=O)C(C)NC1CCCc2cc(OC)ccc21. The molecule has 1 aliphatic rings. The molecule has 0 aliphatic heterocycles. The van der Waals surface area contributed by atoms with Crippen LogP contribution in [0.2, 0.25) is 0 Å². The fraction of sp³-hybridized carbons (Fsp3) is 0.562. The van der Waals surface area contributed by atoms with Crippen molar-refractivity contribution in [3.63, 3.8) is 0 Å². The van der Waals surface area contributed by atoms with Gasteiger partial charge in [-0.3, -0.25) is 10.1 Å². The number of amides is 1. The van der Waals surface area contributed by atoms with E-state index in [0.29, 0.717) is 6.54 Å². The van der Waals surface area contributed by atoms with Crippen LogP contribution in [0.15, 0.2) is 18.2 Å². The van der Waals surface area contributed by atoms with Gasteiger partial charge in [0.25, 0.3) is 0 Å². The normalized spacial score (nSPS) is 19.1. The Labute approximate surface area is 120 Å². The summed E-state index contributed by atoms with van der Waals surface area (Å²) >= 11 is 0. The number of carbonyl (C=O) groups is 1. The first-order valence-electron chi connectivity index (χ1n) is 7.36. The summed E-state index contributed by atoms with van der Waals surface area (Å²) in [7, 11) is 1.69. The summed E-state index contributed by atoms with van der Waals surface area (Å²) in [5, 5.41) is 6.30. The van der Waals surface area contributed by atoms with E-state index in [4.69, 9.17) is 4.74 Å². The summed E-state index contributed by atoms with van der Waals surface area (Å²) in [5.41, 5.74) is 2.63. The van der Waals surface area contributed by atoms with Crippen LogP contribution in [0.1, 0.15) is 43.9 Å². The van der Waals surface area contributed by atoms with Crippen molar-refractivity contribution in [1.82, 2.24) is 10.6 Å². The van der Waals surface area contributed by atoms with E-state index >= 15 is 0 Å². The summed E-state index contributed by atoms with van der Waals surface area (Å²) in [6, 6.07) is 6.31. The Hall–Kier alpha value is -1.55. The second-order valence-electron chi connectivity index (χ2n) is 5.29. The zero-order valence-corrected chi connectivity index (χ0v) is 12.5. The Bertz CT molecular complexity index is 474. The first kappa shape index (κ1) is 14.9. The van der Waals surface area contributed by atoms with Crippen molar-refractivity contribution >= 4 is 5.91 Å². The van der Waals surface area contributed by atoms with Gasteiger partial charge in [-0.25, -0.2) is 0 Å². The maximum atomic E-state index is 11.8. The number of hydrogen-bond acceptors (Lipinski definition) is 3. The lowest BCUT2D eigenvalue weighted by Crippen LogP contribution is -2.44. The Morgan fingerprint density at radius 3 is 3.00 bits per heavy atom. The molecule has 110 valence electrons. The Morgan fingerprint density at radius 1 is 1.50 bits per heavy atom. The van der Waals surface area contributed by atoms with E-state index in [0.717, 1.165) is 25.0 Å². The summed E-state index contributed by atoms with van der Waals surface area (Å²) in [6.07, 6.45) is 3.29. The highest BCUT2D eigenvalue weighted by Crippen LogP contribution is 2.32. The molecule has 4 nitrogen and oxygen atoms in total. The Kier molecular flexibility index (Phi) is 5.01. The van der Waals surface area contributed by atoms with Crippen molar-refractivity contribution in [2.75, 3.05) is 13.7 Å². The van der Waals surface area contributed by atoms with Crippen LogP contribution in [-0.2, 0) is 11.2 Å². The summed E-state index contributed by atoms with van der Waals surface area (Å²) in [5.74, 6) is 0.967. The van der Waals surface area contributed by atoms with E-state index in [1.54, 1.807) is 7.11 Å². The number of likely N-dealkylation sites (N-methyl/N-ethyl adjacent to an activating group) is 1. The number of methoxy groups -OCH3 is 1. The minimum Gasteiger partial charge on any atom is -0.497 e. The van der Waals surface area contributed by atoms with Gasteiger partial charge in [0, 0.05) is 12.6 Å². The van der Waals surface area contributed by atoms with Crippen molar-refractivity contribution in [1.29, 1.82) is 0 Å². The van der Waals surface area contributed by atoms with Gasteiger partial charge in [0.2, 0.25) is 5.91 Å². The lowest BCUT2D eigenvalue weighted by molar-refractivity contribution is -0.122. The molecule has 1 aromatic rings. The average Bonchev–Trinajstić information content (AvgIpc) is 2.47. The molecule has 0 saturated carbocycles. The molecule has 0 radical (unpaired) electrons. The maximum absolute atomic E-state index is 11.8. The number of fused-ring (bicyclic) bond motifs is 1. The van der Waals surface area contributed by atoms with Crippen LogP contribution in [-0.4, -0.2) is 25.6 Å². The van der Waals surface area contributed by atoms with Crippen LogP contribution in [0.25, 0.3) is 0 Å². The van der Waals surface area contributed by atoms with Gasteiger partial charge in [0.1, 0.15) is 5.75 Å². The van der Waals surface area contributed by atoms with Crippen molar-refractivity contribution < 1.29 is 9.53 Å². The number of nitrogens with one attached hydrogen (secondary N) is 2. The number of ether oxygens (including phenoxy) is 1. The lowest BCUT2D eigenvalue weighted by atomic mass is 9.87. The molecule has 0 heterocycles. The van der Waals surface area contributed by atoms with Crippen molar-refractivity contribution in [3.05, 3.63) is 29.3 Å². The third kappa shape index (κ3) is 3.31. The van der Waals surface area contributed by atoms with Gasteiger partial charge in [-0.1, -0.05) is 6.07 Å². The Balaban J connectivity index is 2.10. The third-order valence-corrected chi connectivity index (χ3v) is 3.86. The fourth-order valence-corrected chi connectivity index (χ4v) is 2.80. The van der Waals surface area contributed by atoms with Gasteiger partial charge in [0.15, 0.2) is 0 Å². The molecule has 4 heteroatoms. The van der Waals surface area contributed by atoms with Crippen LogP contribution < -0.4 is 15.4 Å². The zero-order chi connectivity index (χ0) is 14.5. The van der Waals surface area contributed by atoms with Gasteiger partial charge in [-0.15, -0.1) is 0 Å². The number of rotatable bonds is 5. The largest absolute Gasteiger partial charge is 0.497 e. The predicted octanol–water partition coefficient (Wildman–Crippen LogP) is 2.19. The molecular formula is C16H24N2O2. The third-order valence-electron chi connectivity index (χ3n) is 3.86. The molecule has 1 aliphatic carbocycles. The summed E-state index contributed by atoms with van der Waals surface area (Å²) < 4.78 is 5.28. The first-order valence-corrected chi connectivity index (χ1v) is 7.36. The highest BCUT2D eigenvalue weighted by atomic mass is 16.5. The Morgan fingerprint density at radius 2 is 2.30 bits per heavy atom. The summed E-state index contributed by atoms with van der Waals surface area (Å²) in [4.78, 5) is 11.8. The number of hydrogen-bond donors (Lipinski definition) is 2. The molecule has 0 bridgehead atoms. The van der Waals surface area contributed by atoms with Crippen LogP contribution in [0.3, 0.4) is 0 Å². The molecule has 0 aromatic heterocycles. The fourth-order valence-electron chi connectivity index (χ4n) is 2.80. The second kappa shape index (κ2) is 6.75. The smallest absolute Gasteiger partial charge is 0.236 e. The number of benzene rings is 1. The molecule has 0 fully saturated rings. The van der Waals surface area contributed by atoms with Crippen LogP contribution in [0, 0.1) is 0 Å². The number of carbonyl (C=O) groups excluding carboxylic acids is 1. The van der Waals surface area contributed by atoms with Crippen molar-refractivity contribution in [2.45, 2.75) is 45.2 Å². The van der Waals surface area contributed by atoms with Crippen molar-refractivity contribution in [3.8, 4) is 5.75 Å². The van der Waals surface area contributed by atoms with Gasteiger partial charge in [-0.2, -0.15) is 0 Å². The van der Waals surface area contributed by atoms with E-state index in [-0.39, 0.29) is 18.0 Å². The van der Waals surface area contributed by atoms with E-state index in [1.807, 2.05) is 19.9 Å². The molecule has 20 heavy (non-hydrogen) atoms. The predicted molar refractivity (Wildman–Crippen MR) is 80.0 cm³/mol. The van der Waals surface area contributed by atoms with E-state index in [1.165, 1.54) is 11.1 Å². The monoisotopic (exact) mass is 276 g/mol. The summed E-state index contributed by atoms with van der Waals surface area (Å²) in [6.45, 7) is 4.53. The molecule has 1 aromatic carbocycles. The second-order valence-corrected chi connectivity index (χ2v) is 5.29. The first-order chi connectivity index (χ1) is 9.65. The minimum atomic E-state index is -0.173. The van der Waals surface area contributed by atoms with Gasteiger partial charge in [-0.05, 0) is 56.4 Å². The standard InChI is InChI=1S/C16H24N2O2/c1-4-17-16(19)11(2)18-15-7-5-6-12-10-13(20-3)8-9-14(12)15/h8-11,15,18H,4-7H2,1-3H3,(H,17,19). The highest BCUT2D eigenvalue weighted by molar-refractivity contribution is 5.81. The van der Waals surface area contributed by atoms with E-state index < -0.39 is 0 Å². The molecule has 2 N–H and O–H groups in total. The van der Waals surface area contributed by atoms with Gasteiger partial charge < -0.3 is 10.1 Å². The molecular weight excluding hydrogens is 252 g/mol. The molecule has 0 spiro atoms. The quantitative estimate of drug-likeness (QED) is 0.866.